The number of hydrogen-bond acceptors (Lipinski definition) is 6. The minimum absolute atomic E-state index is 0.0657. The number of piperidine rings is 1. The van der Waals surface area contributed by atoms with Crippen LogP contribution in [0.2, 0.25) is 0 Å². The molecule has 144 valence electrons. The number of H-pyrrole nitrogens is 1. The van der Waals surface area contributed by atoms with Gasteiger partial charge in [-0.3, -0.25) is 9.69 Å². The minimum Gasteiger partial charge on any atom is -0.355 e. The molecule has 0 amide bonds. The first-order chi connectivity index (χ1) is 12.7. The third kappa shape index (κ3) is 4.03. The molecule has 2 aromatic rings. The number of fused-ring (bicyclic) bond motifs is 1. The normalized spacial score (nSPS) is 16.4. The Morgan fingerprint density at radius 2 is 2.07 bits per heavy atom. The lowest BCUT2D eigenvalue weighted by Crippen LogP contribution is -2.46. The van der Waals surface area contributed by atoms with Crippen molar-refractivity contribution in [1.29, 1.82) is 5.26 Å². The number of nitrogens with zero attached hydrogens (tertiary/aromatic N) is 5. The summed E-state index contributed by atoms with van der Waals surface area (Å²) in [6.45, 7) is 1.35. The Morgan fingerprint density at radius 1 is 1.41 bits per heavy atom. The van der Waals surface area contributed by atoms with Crippen LogP contribution in [0.25, 0.3) is 10.9 Å². The second-order valence-electron chi connectivity index (χ2n) is 6.71. The molecule has 1 saturated heterocycles. The van der Waals surface area contributed by atoms with Gasteiger partial charge in [0.05, 0.1) is 23.6 Å². The molecule has 0 aliphatic carbocycles. The van der Waals surface area contributed by atoms with Crippen molar-refractivity contribution in [2.24, 2.45) is 0 Å². The van der Waals surface area contributed by atoms with Gasteiger partial charge >= 0.3 is 6.18 Å². The van der Waals surface area contributed by atoms with Gasteiger partial charge in [-0.25, -0.2) is 9.97 Å². The summed E-state index contributed by atoms with van der Waals surface area (Å²) in [6.07, 6.45) is -1.73. The molecule has 0 saturated carbocycles. The van der Waals surface area contributed by atoms with Crippen LogP contribution in [0, 0.1) is 18.3 Å². The van der Waals surface area contributed by atoms with Crippen molar-refractivity contribution in [2.45, 2.75) is 32.0 Å². The molecule has 1 aliphatic heterocycles. The number of pyridine rings is 1. The molecule has 3 heterocycles. The highest BCUT2D eigenvalue weighted by molar-refractivity contribution is 5.87. The number of likely N-dealkylation sites (tertiary alicyclic amines) is 1. The molecule has 3 rings (SSSR count). The molecule has 7 nitrogen and oxygen atoms in total. The molecule has 1 aliphatic rings. The number of aromatic nitrogens is 3. The molecule has 10 heteroatoms. The van der Waals surface area contributed by atoms with Gasteiger partial charge in [0.2, 0.25) is 0 Å². The molecule has 0 aromatic carbocycles. The average molecular weight is 380 g/mol. The Morgan fingerprint density at radius 3 is 2.67 bits per heavy atom. The van der Waals surface area contributed by atoms with Gasteiger partial charge in [-0.15, -0.1) is 0 Å². The summed E-state index contributed by atoms with van der Waals surface area (Å²) < 4.78 is 37.6. The van der Waals surface area contributed by atoms with Gasteiger partial charge in [0.1, 0.15) is 23.3 Å². The molecule has 0 spiro atoms. The zero-order valence-electron chi connectivity index (χ0n) is 15.0. The van der Waals surface area contributed by atoms with E-state index in [-0.39, 0.29) is 17.0 Å². The summed E-state index contributed by atoms with van der Waals surface area (Å²) in [4.78, 5) is 26.5. The summed E-state index contributed by atoms with van der Waals surface area (Å²) in [7, 11) is 1.74. The highest BCUT2D eigenvalue weighted by atomic mass is 19.4. The van der Waals surface area contributed by atoms with Crippen LogP contribution >= 0.6 is 0 Å². The van der Waals surface area contributed by atoms with Gasteiger partial charge in [-0.05, 0) is 19.8 Å². The zero-order chi connectivity index (χ0) is 19.8. The van der Waals surface area contributed by atoms with E-state index < -0.39 is 18.3 Å². The summed E-state index contributed by atoms with van der Waals surface area (Å²) in [5.74, 6) is 0.770. The molecule has 1 N–H and O–H groups in total. The average Bonchev–Trinajstić information content (AvgIpc) is 2.59. The number of nitriles is 1. The molecule has 27 heavy (non-hydrogen) atoms. The van der Waals surface area contributed by atoms with E-state index in [0.717, 1.165) is 0 Å². The lowest BCUT2D eigenvalue weighted by molar-refractivity contribution is -0.147. The van der Waals surface area contributed by atoms with E-state index in [9.17, 15) is 23.2 Å². The largest absolute Gasteiger partial charge is 0.401 e. The minimum atomic E-state index is -4.21. The maximum absolute atomic E-state index is 12.5. The third-order valence-electron chi connectivity index (χ3n) is 4.80. The summed E-state index contributed by atoms with van der Waals surface area (Å²) in [5, 5.41) is 9.77. The summed E-state index contributed by atoms with van der Waals surface area (Å²) >= 11 is 0. The first kappa shape index (κ1) is 19.1. The first-order valence-electron chi connectivity index (χ1n) is 8.51. The molecule has 0 unspecified atom stereocenters. The Labute approximate surface area is 153 Å². The number of halogens is 3. The Hall–Kier alpha value is -2.67. The summed E-state index contributed by atoms with van der Waals surface area (Å²) in [6, 6.07) is 1.97. The lowest BCUT2D eigenvalue weighted by atomic mass is 10.0. The predicted molar refractivity (Wildman–Crippen MR) is 93.5 cm³/mol. The van der Waals surface area contributed by atoms with Crippen molar-refractivity contribution in [1.82, 2.24) is 19.9 Å². The van der Waals surface area contributed by atoms with E-state index in [2.05, 4.69) is 15.0 Å². The van der Waals surface area contributed by atoms with Crippen molar-refractivity contribution >= 4 is 16.7 Å². The Bertz CT molecular complexity index is 941. The molecule has 0 atom stereocenters. The Kier molecular flexibility index (Phi) is 5.06. The third-order valence-corrected chi connectivity index (χ3v) is 4.80. The fourth-order valence-electron chi connectivity index (χ4n) is 3.51. The predicted octanol–water partition coefficient (Wildman–Crippen LogP) is 1.96. The van der Waals surface area contributed by atoms with Gasteiger partial charge in [0.25, 0.3) is 5.56 Å². The van der Waals surface area contributed by atoms with Crippen LogP contribution in [0.15, 0.2) is 11.0 Å². The fraction of sp³-hybridized carbons (Fsp3) is 0.529. The molecule has 1 fully saturated rings. The summed E-state index contributed by atoms with van der Waals surface area (Å²) in [5.41, 5.74) is 0.0533. The van der Waals surface area contributed by atoms with Crippen molar-refractivity contribution in [3.8, 4) is 6.07 Å². The van der Waals surface area contributed by atoms with Gasteiger partial charge < -0.3 is 9.88 Å². The van der Waals surface area contributed by atoms with Gasteiger partial charge in [0, 0.05) is 26.2 Å². The SMILES string of the molecule is Cc1nc2cnc(N(C)C3CCN(CC(F)(F)F)CC3)c(C#N)c2c(=O)[nH]1. The molecule has 0 bridgehead atoms. The Balaban J connectivity index is 1.86. The maximum Gasteiger partial charge on any atom is 0.401 e. The molecular formula is C17H19F3N6O. The fourth-order valence-corrected chi connectivity index (χ4v) is 3.51. The van der Waals surface area contributed by atoms with Gasteiger partial charge in [0.15, 0.2) is 0 Å². The van der Waals surface area contributed by atoms with Crippen LogP contribution in [0.3, 0.4) is 0 Å². The van der Waals surface area contributed by atoms with E-state index in [1.807, 2.05) is 6.07 Å². The van der Waals surface area contributed by atoms with Crippen LogP contribution in [0.4, 0.5) is 19.0 Å². The second kappa shape index (κ2) is 7.15. The number of anilines is 1. The standard InChI is InChI=1S/C17H19F3N6O/c1-10-23-13-8-22-15(12(7-21)14(13)16(27)24-10)25(2)11-3-5-26(6-4-11)9-17(18,19)20/h8,11H,3-6,9H2,1-2H3,(H,23,24,27). The second-order valence-corrected chi connectivity index (χ2v) is 6.71. The van der Waals surface area contributed by atoms with Crippen LogP contribution in [0.5, 0.6) is 0 Å². The smallest absolute Gasteiger partial charge is 0.355 e. The van der Waals surface area contributed by atoms with Crippen LogP contribution < -0.4 is 10.5 Å². The van der Waals surface area contributed by atoms with E-state index in [1.54, 1.807) is 18.9 Å². The molecule has 2 aromatic heterocycles. The quantitative estimate of drug-likeness (QED) is 0.876. The lowest BCUT2D eigenvalue weighted by Gasteiger charge is -2.37. The van der Waals surface area contributed by atoms with Gasteiger partial charge in [-0.2, -0.15) is 18.4 Å². The highest BCUT2D eigenvalue weighted by Crippen LogP contribution is 2.27. The number of aromatic amines is 1. The zero-order valence-corrected chi connectivity index (χ0v) is 15.0. The van der Waals surface area contributed by atoms with Crippen LogP contribution in [-0.2, 0) is 0 Å². The van der Waals surface area contributed by atoms with Gasteiger partial charge in [-0.1, -0.05) is 0 Å². The maximum atomic E-state index is 12.5. The number of rotatable bonds is 3. The highest BCUT2D eigenvalue weighted by Gasteiger charge is 2.33. The van der Waals surface area contributed by atoms with E-state index in [4.69, 9.17) is 0 Å². The number of alkyl halides is 3. The van der Waals surface area contributed by atoms with Crippen molar-refractivity contribution in [2.75, 3.05) is 31.6 Å². The number of nitrogens with one attached hydrogen (secondary N) is 1. The van der Waals surface area contributed by atoms with E-state index >= 15 is 0 Å². The topological polar surface area (TPSA) is 88.9 Å². The molecule has 0 radical (unpaired) electrons. The first-order valence-corrected chi connectivity index (χ1v) is 8.51. The van der Waals surface area contributed by atoms with E-state index in [0.29, 0.717) is 43.1 Å². The van der Waals surface area contributed by atoms with Crippen LogP contribution in [0.1, 0.15) is 24.2 Å². The molecular weight excluding hydrogens is 361 g/mol. The monoisotopic (exact) mass is 380 g/mol. The number of aryl methyl sites for hydroxylation is 1. The van der Waals surface area contributed by atoms with Crippen molar-refractivity contribution in [3.05, 3.63) is 27.9 Å². The van der Waals surface area contributed by atoms with E-state index in [1.165, 1.54) is 11.1 Å². The van der Waals surface area contributed by atoms with Crippen LogP contribution in [-0.4, -0.2) is 58.8 Å². The van der Waals surface area contributed by atoms with Crippen molar-refractivity contribution < 1.29 is 13.2 Å². The number of hydrogen-bond donors (Lipinski definition) is 1. The van der Waals surface area contributed by atoms with Crippen molar-refractivity contribution in [3.63, 3.8) is 0 Å².